The molecule has 2 aliphatic carbocycles. The lowest BCUT2D eigenvalue weighted by Gasteiger charge is -2.33. The van der Waals surface area contributed by atoms with Crippen LogP contribution in [0, 0.1) is 5.41 Å². The van der Waals surface area contributed by atoms with Crippen LogP contribution in [0.2, 0.25) is 0 Å². The van der Waals surface area contributed by atoms with Gasteiger partial charge < -0.3 is 4.74 Å². The van der Waals surface area contributed by atoms with Gasteiger partial charge in [0.15, 0.2) is 11.6 Å². The molecule has 0 saturated heterocycles. The van der Waals surface area contributed by atoms with Crippen LogP contribution in [0.25, 0.3) is 0 Å². The topological polar surface area (TPSA) is 43.4 Å². The van der Waals surface area contributed by atoms with Crippen molar-refractivity contribution in [3.05, 3.63) is 41.0 Å². The molecule has 3 heteroatoms. The highest BCUT2D eigenvalue weighted by Gasteiger charge is 2.45. The van der Waals surface area contributed by atoms with E-state index in [1.54, 1.807) is 14.0 Å². The number of aryl methyl sites for hydroxylation is 1. The number of allylic oxidation sites excluding steroid dienone is 2. The predicted molar refractivity (Wildman–Crippen MR) is 76.1 cm³/mol. The van der Waals surface area contributed by atoms with E-state index in [1.807, 2.05) is 24.3 Å². The largest absolute Gasteiger partial charge is 0.497 e. The van der Waals surface area contributed by atoms with E-state index in [4.69, 9.17) is 4.74 Å². The fourth-order valence-corrected chi connectivity index (χ4v) is 3.36. The molecule has 0 radical (unpaired) electrons. The summed E-state index contributed by atoms with van der Waals surface area (Å²) in [6, 6.07) is 5.65. The molecule has 0 N–H and O–H groups in total. The molecule has 0 aliphatic heterocycles. The van der Waals surface area contributed by atoms with Crippen LogP contribution in [0.15, 0.2) is 29.8 Å². The molecule has 1 atom stereocenters. The maximum atomic E-state index is 12.8. The number of ether oxygens (including phenoxy) is 1. The van der Waals surface area contributed by atoms with Crippen LogP contribution in [0.3, 0.4) is 0 Å². The van der Waals surface area contributed by atoms with Gasteiger partial charge in [0.1, 0.15) is 5.75 Å². The Hall–Kier alpha value is -1.90. The van der Waals surface area contributed by atoms with E-state index >= 15 is 0 Å². The fraction of sp³-hybridized carbons (Fsp3) is 0.412. The molecule has 0 saturated carbocycles. The van der Waals surface area contributed by atoms with E-state index in [9.17, 15) is 9.59 Å². The van der Waals surface area contributed by atoms with Gasteiger partial charge in [-0.05, 0) is 61.9 Å². The maximum Gasteiger partial charge on any atom is 0.169 e. The van der Waals surface area contributed by atoms with E-state index in [0.29, 0.717) is 12.8 Å². The Labute approximate surface area is 118 Å². The van der Waals surface area contributed by atoms with Crippen LogP contribution >= 0.6 is 0 Å². The average Bonchev–Trinajstić information content (AvgIpc) is 2.89. The summed E-state index contributed by atoms with van der Waals surface area (Å²) < 4.78 is 5.21. The highest BCUT2D eigenvalue weighted by Crippen LogP contribution is 2.47. The summed E-state index contributed by atoms with van der Waals surface area (Å²) in [6.07, 6.45) is 4.95. The Morgan fingerprint density at radius 1 is 1.35 bits per heavy atom. The molecule has 0 amide bonds. The summed E-state index contributed by atoms with van der Waals surface area (Å²) in [7, 11) is 1.63. The second-order valence-corrected chi connectivity index (χ2v) is 5.80. The van der Waals surface area contributed by atoms with Gasteiger partial charge in [-0.15, -0.1) is 0 Å². The molecule has 20 heavy (non-hydrogen) atoms. The Morgan fingerprint density at radius 3 is 2.80 bits per heavy atom. The Balaban J connectivity index is 1.93. The molecule has 0 bridgehead atoms. The molecule has 0 heterocycles. The smallest absolute Gasteiger partial charge is 0.169 e. The molecule has 104 valence electrons. The summed E-state index contributed by atoms with van der Waals surface area (Å²) in [6.45, 7) is 1.58. The molecule has 0 aromatic heterocycles. The molecule has 3 nitrogen and oxygen atoms in total. The first-order valence-corrected chi connectivity index (χ1v) is 6.97. The number of methoxy groups -OCH3 is 1. The average molecular weight is 270 g/mol. The number of hydrogen-bond donors (Lipinski definition) is 0. The quantitative estimate of drug-likeness (QED) is 0.829. The highest BCUT2D eigenvalue weighted by atomic mass is 16.5. The van der Waals surface area contributed by atoms with Gasteiger partial charge in [-0.2, -0.15) is 0 Å². The molecule has 1 spiro atoms. The Bertz CT molecular complexity index is 627. The zero-order valence-corrected chi connectivity index (χ0v) is 11.9. The number of Topliss-reactive ketones (excluding diaryl/α,β-unsaturated/α-hetero) is 2. The van der Waals surface area contributed by atoms with Crippen molar-refractivity contribution in [2.24, 2.45) is 5.41 Å². The molecule has 3 rings (SSSR count). The van der Waals surface area contributed by atoms with Crippen molar-refractivity contribution in [2.45, 2.75) is 32.6 Å². The molecule has 1 unspecified atom stereocenters. The number of benzene rings is 1. The van der Waals surface area contributed by atoms with E-state index < -0.39 is 0 Å². The van der Waals surface area contributed by atoms with E-state index in [2.05, 4.69) is 0 Å². The van der Waals surface area contributed by atoms with Gasteiger partial charge >= 0.3 is 0 Å². The molecule has 1 aromatic carbocycles. The van der Waals surface area contributed by atoms with Crippen molar-refractivity contribution < 1.29 is 14.3 Å². The number of rotatable bonds is 2. The second-order valence-electron chi connectivity index (χ2n) is 5.80. The van der Waals surface area contributed by atoms with Crippen molar-refractivity contribution in [3.8, 4) is 5.75 Å². The minimum atomic E-state index is -0.372. The first-order chi connectivity index (χ1) is 9.55. The Morgan fingerprint density at radius 2 is 2.15 bits per heavy atom. The van der Waals surface area contributed by atoms with E-state index in [-0.39, 0.29) is 17.0 Å². The monoisotopic (exact) mass is 270 g/mol. The molecule has 1 aromatic rings. The SMILES string of the molecule is COc1ccc2c(c1)CCC1(CC=C(C(C)=O)C1)C2=O. The zero-order chi connectivity index (χ0) is 14.3. The van der Waals surface area contributed by atoms with Gasteiger partial charge in [-0.25, -0.2) is 0 Å². The molecule has 2 aliphatic rings. The van der Waals surface area contributed by atoms with Crippen LogP contribution in [0.4, 0.5) is 0 Å². The van der Waals surface area contributed by atoms with Crippen LogP contribution < -0.4 is 4.74 Å². The second kappa shape index (κ2) is 4.58. The van der Waals surface area contributed by atoms with Crippen LogP contribution in [0.5, 0.6) is 5.75 Å². The number of ketones is 2. The number of carbonyl (C=O) groups is 2. The summed E-state index contributed by atoms with van der Waals surface area (Å²) in [5.74, 6) is 1.07. The normalized spacial score (nSPS) is 24.5. The lowest BCUT2D eigenvalue weighted by molar-refractivity contribution is -0.113. The fourth-order valence-electron chi connectivity index (χ4n) is 3.36. The van der Waals surface area contributed by atoms with Gasteiger partial charge in [0.25, 0.3) is 0 Å². The van der Waals surface area contributed by atoms with E-state index in [0.717, 1.165) is 35.3 Å². The molecular formula is C17H18O3. The Kier molecular flexibility index (Phi) is 3.00. The molecular weight excluding hydrogens is 252 g/mol. The lowest BCUT2D eigenvalue weighted by atomic mass is 9.68. The first kappa shape index (κ1) is 13.1. The zero-order valence-electron chi connectivity index (χ0n) is 11.9. The number of hydrogen-bond acceptors (Lipinski definition) is 3. The van der Waals surface area contributed by atoms with E-state index in [1.165, 1.54) is 0 Å². The van der Waals surface area contributed by atoms with Gasteiger partial charge in [-0.3, -0.25) is 9.59 Å². The van der Waals surface area contributed by atoms with Gasteiger partial charge in [0.2, 0.25) is 0 Å². The minimum absolute atomic E-state index is 0.0928. The standard InChI is InChI=1S/C17H18O3/c1-11(18)13-6-8-17(10-13)7-5-12-9-14(20-2)3-4-15(12)16(17)19/h3-4,6,9H,5,7-8,10H2,1-2H3. The summed E-state index contributed by atoms with van der Waals surface area (Å²) in [4.78, 5) is 24.3. The first-order valence-electron chi connectivity index (χ1n) is 6.97. The number of carbonyl (C=O) groups excluding carboxylic acids is 2. The van der Waals surface area contributed by atoms with Crippen molar-refractivity contribution in [2.75, 3.05) is 7.11 Å². The lowest BCUT2D eigenvalue weighted by Crippen LogP contribution is -2.34. The third-order valence-corrected chi connectivity index (χ3v) is 4.63. The van der Waals surface area contributed by atoms with Crippen molar-refractivity contribution in [1.29, 1.82) is 0 Å². The molecule has 0 fully saturated rings. The minimum Gasteiger partial charge on any atom is -0.497 e. The van der Waals surface area contributed by atoms with Crippen molar-refractivity contribution in [1.82, 2.24) is 0 Å². The van der Waals surface area contributed by atoms with Crippen LogP contribution in [-0.2, 0) is 11.2 Å². The maximum absolute atomic E-state index is 12.8. The van der Waals surface area contributed by atoms with Gasteiger partial charge in [0, 0.05) is 11.0 Å². The summed E-state index contributed by atoms with van der Waals surface area (Å²) in [5.41, 5.74) is 2.31. The van der Waals surface area contributed by atoms with Crippen molar-refractivity contribution in [3.63, 3.8) is 0 Å². The summed E-state index contributed by atoms with van der Waals surface area (Å²) in [5, 5.41) is 0. The van der Waals surface area contributed by atoms with Crippen molar-refractivity contribution >= 4 is 11.6 Å². The third kappa shape index (κ3) is 1.89. The van der Waals surface area contributed by atoms with Crippen LogP contribution in [-0.4, -0.2) is 18.7 Å². The number of fused-ring (bicyclic) bond motifs is 1. The highest BCUT2D eigenvalue weighted by molar-refractivity contribution is 6.05. The van der Waals surface area contributed by atoms with Gasteiger partial charge in [-0.1, -0.05) is 6.08 Å². The predicted octanol–water partition coefficient (Wildman–Crippen LogP) is 3.12. The third-order valence-electron chi connectivity index (χ3n) is 4.63. The summed E-state index contributed by atoms with van der Waals surface area (Å²) >= 11 is 0. The van der Waals surface area contributed by atoms with Gasteiger partial charge in [0.05, 0.1) is 7.11 Å². The van der Waals surface area contributed by atoms with Crippen LogP contribution in [0.1, 0.15) is 42.1 Å².